The number of halogens is 1. The summed E-state index contributed by atoms with van der Waals surface area (Å²) in [4.78, 5) is 12.2. The van der Waals surface area contributed by atoms with Crippen LogP contribution in [-0.4, -0.2) is 19.0 Å². The molecule has 1 amide bonds. The van der Waals surface area contributed by atoms with Gasteiger partial charge in [0.15, 0.2) is 0 Å². The fourth-order valence-corrected chi connectivity index (χ4v) is 2.84. The molecule has 3 nitrogen and oxygen atoms in total. The Kier molecular flexibility index (Phi) is 6.41. The topological polar surface area (TPSA) is 41.1 Å². The van der Waals surface area contributed by atoms with E-state index >= 15 is 0 Å². The fourth-order valence-electron chi connectivity index (χ4n) is 2.84. The second-order valence-corrected chi connectivity index (χ2v) is 6.49. The minimum atomic E-state index is 0. The van der Waals surface area contributed by atoms with E-state index < -0.39 is 0 Å². The monoisotopic (exact) mass is 344 g/mol. The van der Waals surface area contributed by atoms with Crippen LogP contribution in [0.4, 0.5) is 0 Å². The number of rotatable bonds is 5. The van der Waals surface area contributed by atoms with E-state index in [-0.39, 0.29) is 24.2 Å². The van der Waals surface area contributed by atoms with Crippen LogP contribution in [0.2, 0.25) is 0 Å². The maximum Gasteiger partial charge on any atom is 0.223 e. The van der Waals surface area contributed by atoms with Crippen LogP contribution in [-0.2, 0) is 11.3 Å². The molecule has 3 rings (SSSR count). The second kappa shape index (κ2) is 8.32. The molecule has 2 aromatic rings. The van der Waals surface area contributed by atoms with Crippen molar-refractivity contribution in [3.8, 4) is 11.1 Å². The van der Waals surface area contributed by atoms with Gasteiger partial charge in [-0.1, -0.05) is 55.0 Å². The highest BCUT2D eigenvalue weighted by atomic mass is 35.5. The summed E-state index contributed by atoms with van der Waals surface area (Å²) < 4.78 is 0. The third-order valence-corrected chi connectivity index (χ3v) is 4.71. The summed E-state index contributed by atoms with van der Waals surface area (Å²) >= 11 is 0. The van der Waals surface area contributed by atoms with Gasteiger partial charge in [-0.3, -0.25) is 4.79 Å². The summed E-state index contributed by atoms with van der Waals surface area (Å²) in [5.41, 5.74) is 4.79. The lowest BCUT2D eigenvalue weighted by molar-refractivity contribution is -0.126. The van der Waals surface area contributed by atoms with Crippen LogP contribution < -0.4 is 10.6 Å². The molecule has 1 fully saturated rings. The first-order valence-corrected chi connectivity index (χ1v) is 8.28. The summed E-state index contributed by atoms with van der Waals surface area (Å²) in [5.74, 6) is 0.711. The number of hydrogen-bond acceptors (Lipinski definition) is 2. The lowest BCUT2D eigenvalue weighted by atomic mass is 9.88. The molecule has 24 heavy (non-hydrogen) atoms. The van der Waals surface area contributed by atoms with Gasteiger partial charge in [0, 0.05) is 12.5 Å². The van der Waals surface area contributed by atoms with Gasteiger partial charge < -0.3 is 10.6 Å². The molecule has 4 heteroatoms. The Bertz CT molecular complexity index is 680. The quantitative estimate of drug-likeness (QED) is 0.870. The SMILES string of the molecule is Cc1ccc(-c2cccc(CNC(=O)C(C)C3CNC3)c2)cc1.Cl. The molecule has 2 aromatic carbocycles. The third kappa shape index (κ3) is 4.37. The number of hydrogen-bond donors (Lipinski definition) is 2. The van der Waals surface area contributed by atoms with E-state index in [1.54, 1.807) is 0 Å². The number of carbonyl (C=O) groups excluding carboxylic acids is 1. The van der Waals surface area contributed by atoms with Crippen molar-refractivity contribution < 1.29 is 4.79 Å². The molecule has 0 aliphatic carbocycles. The van der Waals surface area contributed by atoms with E-state index in [0.29, 0.717) is 12.5 Å². The Balaban J connectivity index is 0.00000208. The Morgan fingerprint density at radius 3 is 2.50 bits per heavy atom. The van der Waals surface area contributed by atoms with E-state index in [2.05, 4.69) is 66.1 Å². The summed E-state index contributed by atoms with van der Waals surface area (Å²) in [6.07, 6.45) is 0. The molecule has 1 aliphatic heterocycles. The molecular formula is C20H25ClN2O. The van der Waals surface area contributed by atoms with Crippen molar-refractivity contribution in [2.45, 2.75) is 20.4 Å². The highest BCUT2D eigenvalue weighted by Gasteiger charge is 2.28. The molecule has 0 spiro atoms. The fraction of sp³-hybridized carbons (Fsp3) is 0.350. The number of amides is 1. The van der Waals surface area contributed by atoms with Crippen LogP contribution in [0, 0.1) is 18.8 Å². The van der Waals surface area contributed by atoms with Gasteiger partial charge in [0.05, 0.1) is 0 Å². The molecule has 0 radical (unpaired) electrons. The minimum absolute atomic E-state index is 0. The first-order valence-electron chi connectivity index (χ1n) is 8.28. The average molecular weight is 345 g/mol. The Morgan fingerprint density at radius 1 is 1.17 bits per heavy atom. The van der Waals surface area contributed by atoms with E-state index in [1.807, 2.05) is 6.92 Å². The van der Waals surface area contributed by atoms with Gasteiger partial charge in [0.25, 0.3) is 0 Å². The largest absolute Gasteiger partial charge is 0.352 e. The van der Waals surface area contributed by atoms with Crippen molar-refractivity contribution >= 4 is 18.3 Å². The molecule has 1 aliphatic rings. The predicted molar refractivity (Wildman–Crippen MR) is 101 cm³/mol. The zero-order valence-electron chi connectivity index (χ0n) is 14.2. The lowest BCUT2D eigenvalue weighted by Crippen LogP contribution is -2.49. The Morgan fingerprint density at radius 2 is 1.88 bits per heavy atom. The standard InChI is InChI=1S/C20H24N2O.ClH/c1-14-6-8-17(9-7-14)18-5-3-4-16(10-18)11-22-20(23)15(2)19-12-21-13-19;/h3-10,15,19,21H,11-13H2,1-2H3,(H,22,23);1H. The Hall–Kier alpha value is -1.84. The maximum atomic E-state index is 12.2. The summed E-state index contributed by atoms with van der Waals surface area (Å²) in [7, 11) is 0. The number of carbonyl (C=O) groups is 1. The van der Waals surface area contributed by atoms with Crippen LogP contribution >= 0.6 is 12.4 Å². The molecule has 1 heterocycles. The van der Waals surface area contributed by atoms with E-state index in [9.17, 15) is 4.79 Å². The van der Waals surface area contributed by atoms with E-state index in [1.165, 1.54) is 16.7 Å². The Labute approximate surface area is 150 Å². The number of nitrogens with one attached hydrogen (secondary N) is 2. The average Bonchev–Trinajstić information content (AvgIpc) is 2.52. The summed E-state index contributed by atoms with van der Waals surface area (Å²) in [6, 6.07) is 16.9. The molecule has 0 bridgehead atoms. The van der Waals surface area contributed by atoms with Crippen molar-refractivity contribution in [3.63, 3.8) is 0 Å². The normalized spacial score (nSPS) is 15.1. The highest BCUT2D eigenvalue weighted by molar-refractivity contribution is 5.85. The molecular weight excluding hydrogens is 320 g/mol. The highest BCUT2D eigenvalue weighted by Crippen LogP contribution is 2.21. The molecule has 2 N–H and O–H groups in total. The van der Waals surface area contributed by atoms with Gasteiger partial charge >= 0.3 is 0 Å². The van der Waals surface area contributed by atoms with Crippen molar-refractivity contribution in [3.05, 3.63) is 59.7 Å². The molecule has 0 aromatic heterocycles. The molecule has 1 saturated heterocycles. The van der Waals surface area contributed by atoms with Crippen molar-refractivity contribution in [1.82, 2.24) is 10.6 Å². The van der Waals surface area contributed by atoms with Gasteiger partial charge in [-0.15, -0.1) is 12.4 Å². The third-order valence-electron chi connectivity index (χ3n) is 4.71. The van der Waals surface area contributed by atoms with Gasteiger partial charge in [0.1, 0.15) is 0 Å². The number of aryl methyl sites for hydroxylation is 1. The number of benzene rings is 2. The van der Waals surface area contributed by atoms with Crippen LogP contribution in [0.15, 0.2) is 48.5 Å². The van der Waals surface area contributed by atoms with Crippen molar-refractivity contribution in [2.75, 3.05) is 13.1 Å². The predicted octanol–water partition coefficient (Wildman–Crippen LogP) is 3.56. The zero-order valence-corrected chi connectivity index (χ0v) is 15.0. The van der Waals surface area contributed by atoms with Gasteiger partial charge in [-0.05, 0) is 48.7 Å². The lowest BCUT2D eigenvalue weighted by Gasteiger charge is -2.31. The zero-order chi connectivity index (χ0) is 16.2. The smallest absolute Gasteiger partial charge is 0.223 e. The van der Waals surface area contributed by atoms with E-state index in [0.717, 1.165) is 18.7 Å². The van der Waals surface area contributed by atoms with Gasteiger partial charge in [-0.2, -0.15) is 0 Å². The summed E-state index contributed by atoms with van der Waals surface area (Å²) in [6.45, 7) is 6.61. The van der Waals surface area contributed by atoms with Crippen LogP contribution in [0.25, 0.3) is 11.1 Å². The van der Waals surface area contributed by atoms with Crippen molar-refractivity contribution in [1.29, 1.82) is 0 Å². The van der Waals surface area contributed by atoms with Crippen LogP contribution in [0.5, 0.6) is 0 Å². The molecule has 1 atom stereocenters. The minimum Gasteiger partial charge on any atom is -0.352 e. The van der Waals surface area contributed by atoms with Crippen molar-refractivity contribution in [2.24, 2.45) is 11.8 Å². The molecule has 1 unspecified atom stereocenters. The van der Waals surface area contributed by atoms with E-state index in [4.69, 9.17) is 0 Å². The first-order chi connectivity index (χ1) is 11.1. The first kappa shape index (κ1) is 18.5. The second-order valence-electron chi connectivity index (χ2n) is 6.49. The van der Waals surface area contributed by atoms with Gasteiger partial charge in [-0.25, -0.2) is 0 Å². The maximum absolute atomic E-state index is 12.2. The molecule has 128 valence electrons. The van der Waals surface area contributed by atoms with Crippen LogP contribution in [0.1, 0.15) is 18.1 Å². The summed E-state index contributed by atoms with van der Waals surface area (Å²) in [5, 5.41) is 6.29. The molecule has 0 saturated carbocycles. The van der Waals surface area contributed by atoms with Gasteiger partial charge in [0.2, 0.25) is 5.91 Å². The van der Waals surface area contributed by atoms with Crippen LogP contribution in [0.3, 0.4) is 0 Å².